The summed E-state index contributed by atoms with van der Waals surface area (Å²) in [4.78, 5) is 13.6. The van der Waals surface area contributed by atoms with Crippen LogP contribution < -0.4 is 5.32 Å². The SMILES string of the molecule is O=C(NCC1CC1)C1=C[C@@H](c2cccs2)C[C@@H](OCCCCO)O1. The van der Waals surface area contributed by atoms with E-state index in [1.807, 2.05) is 17.5 Å². The third-order valence-electron chi connectivity index (χ3n) is 4.29. The molecule has 1 saturated carbocycles. The van der Waals surface area contributed by atoms with Crippen LogP contribution in [0.2, 0.25) is 0 Å². The second kappa shape index (κ2) is 8.65. The van der Waals surface area contributed by atoms with E-state index < -0.39 is 6.29 Å². The van der Waals surface area contributed by atoms with Crippen molar-refractivity contribution in [2.45, 2.75) is 44.3 Å². The highest BCUT2D eigenvalue weighted by atomic mass is 32.1. The van der Waals surface area contributed by atoms with Crippen LogP contribution in [0.25, 0.3) is 0 Å². The van der Waals surface area contributed by atoms with E-state index in [0.717, 1.165) is 13.0 Å². The second-order valence-electron chi connectivity index (χ2n) is 6.39. The minimum Gasteiger partial charge on any atom is -0.459 e. The molecule has 1 fully saturated rings. The minimum atomic E-state index is -0.414. The largest absolute Gasteiger partial charge is 0.459 e. The van der Waals surface area contributed by atoms with Crippen LogP contribution in [0.3, 0.4) is 0 Å². The number of unbranched alkanes of at least 4 members (excludes halogenated alkanes) is 1. The van der Waals surface area contributed by atoms with Gasteiger partial charge in [0.2, 0.25) is 6.29 Å². The van der Waals surface area contributed by atoms with E-state index in [9.17, 15) is 4.79 Å². The predicted octanol–water partition coefficient (Wildman–Crippen LogP) is 2.78. The highest BCUT2D eigenvalue weighted by Crippen LogP contribution is 2.34. The molecule has 1 aliphatic heterocycles. The van der Waals surface area contributed by atoms with Crippen LogP contribution in [0, 0.1) is 5.92 Å². The Balaban J connectivity index is 1.61. The predicted molar refractivity (Wildman–Crippen MR) is 92.6 cm³/mol. The lowest BCUT2D eigenvalue weighted by Gasteiger charge is -2.28. The zero-order chi connectivity index (χ0) is 16.8. The fraction of sp³-hybridized carbons (Fsp3) is 0.611. The zero-order valence-electron chi connectivity index (χ0n) is 13.8. The topological polar surface area (TPSA) is 67.8 Å². The smallest absolute Gasteiger partial charge is 0.286 e. The lowest BCUT2D eigenvalue weighted by Crippen LogP contribution is -2.33. The monoisotopic (exact) mass is 351 g/mol. The van der Waals surface area contributed by atoms with Crippen LogP contribution in [0.4, 0.5) is 0 Å². The highest BCUT2D eigenvalue weighted by Gasteiger charge is 2.30. The standard InChI is InChI=1S/C18H25NO4S/c20-7-1-2-8-22-17-11-14(16-4-3-9-24-16)10-15(23-17)18(21)19-12-13-5-6-13/h3-4,9-10,13-14,17,20H,1-2,5-8,11-12H2,(H,19,21)/t14-,17+/m1/s1. The Morgan fingerprint density at radius 2 is 2.29 bits per heavy atom. The van der Waals surface area contributed by atoms with Crippen molar-refractivity contribution in [1.82, 2.24) is 5.32 Å². The normalized spacial score (nSPS) is 23.5. The maximum absolute atomic E-state index is 12.4. The van der Waals surface area contributed by atoms with Crippen molar-refractivity contribution in [1.29, 1.82) is 0 Å². The summed E-state index contributed by atoms with van der Waals surface area (Å²) >= 11 is 1.68. The molecule has 2 atom stereocenters. The van der Waals surface area contributed by atoms with Gasteiger partial charge in [-0.1, -0.05) is 6.07 Å². The number of rotatable bonds is 9. The molecular formula is C18H25NO4S. The van der Waals surface area contributed by atoms with Crippen LogP contribution in [0.5, 0.6) is 0 Å². The first-order chi connectivity index (χ1) is 11.8. The first-order valence-corrected chi connectivity index (χ1v) is 9.56. The quantitative estimate of drug-likeness (QED) is 0.671. The maximum Gasteiger partial charge on any atom is 0.286 e. The van der Waals surface area contributed by atoms with Gasteiger partial charge in [-0.15, -0.1) is 11.3 Å². The van der Waals surface area contributed by atoms with Crippen molar-refractivity contribution in [3.63, 3.8) is 0 Å². The molecule has 2 aliphatic rings. The molecule has 1 aliphatic carbocycles. The molecule has 0 bridgehead atoms. The van der Waals surface area contributed by atoms with Gasteiger partial charge in [-0.3, -0.25) is 4.79 Å². The summed E-state index contributed by atoms with van der Waals surface area (Å²) in [5.74, 6) is 1.000. The number of aliphatic hydroxyl groups is 1. The van der Waals surface area contributed by atoms with E-state index in [2.05, 4.69) is 11.4 Å². The molecule has 132 valence electrons. The number of carbonyl (C=O) groups excluding carboxylic acids is 1. The highest BCUT2D eigenvalue weighted by molar-refractivity contribution is 7.10. The molecule has 1 amide bonds. The van der Waals surface area contributed by atoms with Gasteiger partial charge < -0.3 is 19.9 Å². The summed E-state index contributed by atoms with van der Waals surface area (Å²) < 4.78 is 11.6. The van der Waals surface area contributed by atoms with Crippen molar-refractivity contribution in [3.8, 4) is 0 Å². The Kier molecular flexibility index (Phi) is 6.29. The summed E-state index contributed by atoms with van der Waals surface area (Å²) in [6, 6.07) is 4.10. The van der Waals surface area contributed by atoms with Gasteiger partial charge in [0.25, 0.3) is 5.91 Å². The number of nitrogens with one attached hydrogen (secondary N) is 1. The van der Waals surface area contributed by atoms with E-state index >= 15 is 0 Å². The third-order valence-corrected chi connectivity index (χ3v) is 5.30. The van der Waals surface area contributed by atoms with Crippen LogP contribution in [-0.4, -0.2) is 37.1 Å². The molecule has 0 spiro atoms. The van der Waals surface area contributed by atoms with Crippen LogP contribution in [0.15, 0.2) is 29.3 Å². The maximum atomic E-state index is 12.4. The number of carbonyl (C=O) groups is 1. The molecule has 1 aromatic heterocycles. The molecule has 0 saturated heterocycles. The van der Waals surface area contributed by atoms with Crippen molar-refractivity contribution in [2.75, 3.05) is 19.8 Å². The van der Waals surface area contributed by atoms with Crippen molar-refractivity contribution in [2.24, 2.45) is 5.92 Å². The van der Waals surface area contributed by atoms with E-state index in [1.54, 1.807) is 11.3 Å². The van der Waals surface area contributed by atoms with Crippen LogP contribution in [-0.2, 0) is 14.3 Å². The molecule has 24 heavy (non-hydrogen) atoms. The summed E-state index contributed by atoms with van der Waals surface area (Å²) in [6.07, 6.45) is 6.12. The number of thiophene rings is 1. The fourth-order valence-electron chi connectivity index (χ4n) is 2.69. The molecule has 6 heteroatoms. The Hall–Kier alpha value is -1.37. The van der Waals surface area contributed by atoms with E-state index in [0.29, 0.717) is 31.1 Å². The Labute approximate surface area is 146 Å². The van der Waals surface area contributed by atoms with Gasteiger partial charge in [0, 0.05) is 30.4 Å². The summed E-state index contributed by atoms with van der Waals surface area (Å²) in [7, 11) is 0. The van der Waals surface area contributed by atoms with E-state index in [4.69, 9.17) is 14.6 Å². The average Bonchev–Trinajstić information content (AvgIpc) is 3.27. The first kappa shape index (κ1) is 17.5. The number of allylic oxidation sites excluding steroid dienone is 1. The van der Waals surface area contributed by atoms with Crippen molar-refractivity contribution in [3.05, 3.63) is 34.2 Å². The van der Waals surface area contributed by atoms with Crippen molar-refractivity contribution < 1.29 is 19.4 Å². The van der Waals surface area contributed by atoms with Gasteiger partial charge in [0.15, 0.2) is 5.76 Å². The Morgan fingerprint density at radius 1 is 1.42 bits per heavy atom. The number of aliphatic hydroxyl groups excluding tert-OH is 1. The number of amides is 1. The van der Waals surface area contributed by atoms with Gasteiger partial charge in [0.1, 0.15) is 0 Å². The van der Waals surface area contributed by atoms with Gasteiger partial charge in [0.05, 0.1) is 6.61 Å². The van der Waals surface area contributed by atoms with Gasteiger partial charge in [-0.05, 0) is 49.1 Å². The molecular weight excluding hydrogens is 326 g/mol. The molecule has 0 unspecified atom stereocenters. The minimum absolute atomic E-state index is 0.142. The number of hydrogen-bond donors (Lipinski definition) is 2. The van der Waals surface area contributed by atoms with Gasteiger partial charge in [-0.25, -0.2) is 0 Å². The average molecular weight is 351 g/mol. The van der Waals surface area contributed by atoms with Crippen LogP contribution >= 0.6 is 11.3 Å². The molecule has 1 aromatic rings. The molecule has 3 rings (SSSR count). The Bertz CT molecular complexity index is 553. The van der Waals surface area contributed by atoms with E-state index in [1.165, 1.54) is 17.7 Å². The second-order valence-corrected chi connectivity index (χ2v) is 7.37. The van der Waals surface area contributed by atoms with Crippen LogP contribution in [0.1, 0.15) is 42.9 Å². The molecule has 0 aromatic carbocycles. The lowest BCUT2D eigenvalue weighted by atomic mass is 9.99. The lowest BCUT2D eigenvalue weighted by molar-refractivity contribution is -0.146. The molecule has 5 nitrogen and oxygen atoms in total. The van der Waals surface area contributed by atoms with E-state index in [-0.39, 0.29) is 18.4 Å². The van der Waals surface area contributed by atoms with Gasteiger partial charge >= 0.3 is 0 Å². The zero-order valence-corrected chi connectivity index (χ0v) is 14.6. The summed E-state index contributed by atoms with van der Waals surface area (Å²) in [5.41, 5.74) is 0. The Morgan fingerprint density at radius 3 is 3.00 bits per heavy atom. The molecule has 2 N–H and O–H groups in total. The first-order valence-electron chi connectivity index (χ1n) is 8.69. The number of ether oxygens (including phenoxy) is 2. The molecule has 2 heterocycles. The molecule has 0 radical (unpaired) electrons. The van der Waals surface area contributed by atoms with Crippen molar-refractivity contribution >= 4 is 17.2 Å². The summed E-state index contributed by atoms with van der Waals surface area (Å²) in [6.45, 7) is 1.42. The fourth-order valence-corrected chi connectivity index (χ4v) is 3.50. The van der Waals surface area contributed by atoms with Gasteiger partial charge in [-0.2, -0.15) is 0 Å². The summed E-state index contributed by atoms with van der Waals surface area (Å²) in [5, 5.41) is 13.9. The number of hydrogen-bond acceptors (Lipinski definition) is 5. The third kappa shape index (κ3) is 5.06.